The number of hydrogen-bond acceptors (Lipinski definition) is 4. The van der Waals surface area contributed by atoms with Crippen molar-refractivity contribution in [2.45, 2.75) is 38.8 Å². The Morgan fingerprint density at radius 2 is 2.30 bits per heavy atom. The number of hydrogen-bond donors (Lipinski definition) is 1. The number of carbonyl (C=O) groups excluding carboxylic acids is 1. The van der Waals surface area contributed by atoms with Gasteiger partial charge in [-0.3, -0.25) is 4.79 Å². The minimum atomic E-state index is -0.00920. The first-order chi connectivity index (χ1) is 9.66. The van der Waals surface area contributed by atoms with Crippen LogP contribution in [0.15, 0.2) is 18.2 Å². The minimum Gasteiger partial charge on any atom is -0.490 e. The molecule has 0 spiro atoms. The Labute approximate surface area is 120 Å². The van der Waals surface area contributed by atoms with Gasteiger partial charge in [-0.15, -0.1) is 0 Å². The zero-order valence-electron chi connectivity index (χ0n) is 12.2. The van der Waals surface area contributed by atoms with Gasteiger partial charge in [0, 0.05) is 11.6 Å². The van der Waals surface area contributed by atoms with Gasteiger partial charge in [0.25, 0.3) is 0 Å². The number of benzene rings is 1. The van der Waals surface area contributed by atoms with Crippen molar-refractivity contribution in [2.75, 3.05) is 24.6 Å². The lowest BCUT2D eigenvalue weighted by atomic mass is 10.0. The molecular formula is C16H22N2O2. The number of fused-ring (bicyclic) bond motifs is 1. The first-order valence-electron chi connectivity index (χ1n) is 7.48. The van der Waals surface area contributed by atoms with E-state index in [0.29, 0.717) is 12.6 Å². The number of nitrogens with one attached hydrogen (secondary N) is 1. The monoisotopic (exact) mass is 274 g/mol. The van der Waals surface area contributed by atoms with Crippen molar-refractivity contribution in [2.24, 2.45) is 0 Å². The molecule has 3 rings (SSSR count). The lowest BCUT2D eigenvalue weighted by Gasteiger charge is -2.34. The third-order valence-corrected chi connectivity index (χ3v) is 4.14. The summed E-state index contributed by atoms with van der Waals surface area (Å²) in [6.45, 7) is 6.87. The number of carbonyl (C=O) groups is 1. The van der Waals surface area contributed by atoms with E-state index in [2.05, 4.69) is 24.1 Å². The van der Waals surface area contributed by atoms with Gasteiger partial charge >= 0.3 is 0 Å². The van der Waals surface area contributed by atoms with Crippen LogP contribution in [0.2, 0.25) is 0 Å². The highest BCUT2D eigenvalue weighted by molar-refractivity contribution is 6.01. The molecule has 0 amide bonds. The summed E-state index contributed by atoms with van der Waals surface area (Å²) in [5.74, 6) is 1.10. The number of ketones is 1. The van der Waals surface area contributed by atoms with E-state index in [9.17, 15) is 4.79 Å². The average Bonchev–Trinajstić information content (AvgIpc) is 2.99. The van der Waals surface area contributed by atoms with Gasteiger partial charge in [0.1, 0.15) is 12.4 Å². The van der Waals surface area contributed by atoms with Crippen LogP contribution in [0.3, 0.4) is 0 Å². The van der Waals surface area contributed by atoms with Gasteiger partial charge < -0.3 is 15.0 Å². The third kappa shape index (κ3) is 2.40. The van der Waals surface area contributed by atoms with Crippen LogP contribution >= 0.6 is 0 Å². The first kappa shape index (κ1) is 13.4. The maximum absolute atomic E-state index is 12.5. The topological polar surface area (TPSA) is 41.6 Å². The Balaban J connectivity index is 1.90. The van der Waals surface area contributed by atoms with E-state index in [-0.39, 0.29) is 11.8 Å². The summed E-state index contributed by atoms with van der Waals surface area (Å²) in [6.07, 6.45) is 2.03. The van der Waals surface area contributed by atoms with Crippen LogP contribution in [-0.2, 0) is 0 Å². The highest BCUT2D eigenvalue weighted by Gasteiger charge is 2.26. The average molecular weight is 274 g/mol. The highest BCUT2D eigenvalue weighted by atomic mass is 16.5. The van der Waals surface area contributed by atoms with Crippen molar-refractivity contribution in [3.05, 3.63) is 23.8 Å². The molecule has 1 N–H and O–H groups in total. The molecular weight excluding hydrogens is 252 g/mol. The van der Waals surface area contributed by atoms with Crippen LogP contribution in [0, 0.1) is 0 Å². The molecule has 2 heterocycles. The second-order valence-corrected chi connectivity index (χ2v) is 5.83. The van der Waals surface area contributed by atoms with E-state index in [4.69, 9.17) is 4.74 Å². The SMILES string of the molecule is CC(C)N1CCOc2ccc(C(=O)C3CCCN3)cc21. The molecule has 4 heteroatoms. The van der Waals surface area contributed by atoms with Crippen molar-refractivity contribution in [3.63, 3.8) is 0 Å². The first-order valence-corrected chi connectivity index (χ1v) is 7.48. The molecule has 2 aliphatic heterocycles. The van der Waals surface area contributed by atoms with Crippen molar-refractivity contribution in [3.8, 4) is 5.75 Å². The molecule has 1 aromatic rings. The second kappa shape index (κ2) is 5.44. The summed E-state index contributed by atoms with van der Waals surface area (Å²) >= 11 is 0. The van der Waals surface area contributed by atoms with Crippen LogP contribution in [0.5, 0.6) is 5.75 Å². The Morgan fingerprint density at radius 1 is 1.45 bits per heavy atom. The van der Waals surface area contributed by atoms with Crippen molar-refractivity contribution >= 4 is 11.5 Å². The number of ether oxygens (including phenoxy) is 1. The van der Waals surface area contributed by atoms with Gasteiger partial charge in [-0.1, -0.05) is 0 Å². The maximum Gasteiger partial charge on any atom is 0.179 e. The molecule has 108 valence electrons. The zero-order chi connectivity index (χ0) is 14.1. The molecule has 2 aliphatic rings. The zero-order valence-corrected chi connectivity index (χ0v) is 12.2. The molecule has 4 nitrogen and oxygen atoms in total. The summed E-state index contributed by atoms with van der Waals surface area (Å²) in [5, 5.41) is 3.27. The van der Waals surface area contributed by atoms with E-state index >= 15 is 0 Å². The lowest BCUT2D eigenvalue weighted by Crippen LogP contribution is -2.38. The summed E-state index contributed by atoms with van der Waals surface area (Å²) in [5.41, 5.74) is 1.84. The summed E-state index contributed by atoms with van der Waals surface area (Å²) in [6, 6.07) is 6.23. The van der Waals surface area contributed by atoms with Crippen molar-refractivity contribution in [1.29, 1.82) is 0 Å². The fourth-order valence-corrected chi connectivity index (χ4v) is 3.04. The van der Waals surface area contributed by atoms with Crippen LogP contribution in [-0.4, -0.2) is 37.6 Å². The van der Waals surface area contributed by atoms with Gasteiger partial charge in [0.2, 0.25) is 0 Å². The molecule has 0 aliphatic carbocycles. The quantitative estimate of drug-likeness (QED) is 0.858. The van der Waals surface area contributed by atoms with Gasteiger partial charge in [-0.2, -0.15) is 0 Å². The fraction of sp³-hybridized carbons (Fsp3) is 0.562. The fourth-order valence-electron chi connectivity index (χ4n) is 3.04. The number of nitrogens with zero attached hydrogens (tertiary/aromatic N) is 1. The Hall–Kier alpha value is -1.55. The molecule has 1 atom stereocenters. The van der Waals surface area contributed by atoms with Gasteiger partial charge in [-0.25, -0.2) is 0 Å². The van der Waals surface area contributed by atoms with Crippen molar-refractivity contribution in [1.82, 2.24) is 5.32 Å². The van der Waals surface area contributed by atoms with Crippen LogP contribution in [0.25, 0.3) is 0 Å². The Morgan fingerprint density at radius 3 is 3.00 bits per heavy atom. The number of rotatable bonds is 3. The van der Waals surface area contributed by atoms with Gasteiger partial charge in [-0.05, 0) is 51.4 Å². The lowest BCUT2D eigenvalue weighted by molar-refractivity contribution is 0.0952. The van der Waals surface area contributed by atoms with Crippen LogP contribution < -0.4 is 15.0 Å². The molecule has 0 bridgehead atoms. The maximum atomic E-state index is 12.5. The predicted octanol–water partition coefficient (Wildman–Crippen LogP) is 2.23. The Bertz CT molecular complexity index is 507. The van der Waals surface area contributed by atoms with E-state index in [0.717, 1.165) is 42.9 Å². The number of anilines is 1. The summed E-state index contributed by atoms with van der Waals surface area (Å²) < 4.78 is 5.70. The van der Waals surface area contributed by atoms with Gasteiger partial charge in [0.15, 0.2) is 5.78 Å². The predicted molar refractivity (Wildman–Crippen MR) is 79.8 cm³/mol. The van der Waals surface area contributed by atoms with Gasteiger partial charge in [0.05, 0.1) is 18.3 Å². The molecule has 0 aromatic heterocycles. The molecule has 1 saturated heterocycles. The smallest absolute Gasteiger partial charge is 0.179 e. The largest absolute Gasteiger partial charge is 0.490 e. The van der Waals surface area contributed by atoms with Crippen LogP contribution in [0.1, 0.15) is 37.0 Å². The molecule has 20 heavy (non-hydrogen) atoms. The van der Waals surface area contributed by atoms with Crippen LogP contribution in [0.4, 0.5) is 5.69 Å². The Kier molecular flexibility index (Phi) is 3.66. The molecule has 1 aromatic carbocycles. The second-order valence-electron chi connectivity index (χ2n) is 5.83. The normalized spacial score (nSPS) is 21.8. The standard InChI is InChI=1S/C16H22N2O2/c1-11(2)18-8-9-20-15-6-5-12(10-14(15)18)16(19)13-4-3-7-17-13/h5-6,10-11,13,17H,3-4,7-9H2,1-2H3. The van der Waals surface area contributed by atoms with Crippen molar-refractivity contribution < 1.29 is 9.53 Å². The molecule has 1 unspecified atom stereocenters. The molecule has 0 radical (unpaired) electrons. The highest BCUT2D eigenvalue weighted by Crippen LogP contribution is 2.34. The van der Waals surface area contributed by atoms with E-state index in [1.165, 1.54) is 0 Å². The third-order valence-electron chi connectivity index (χ3n) is 4.14. The van der Waals surface area contributed by atoms with E-state index in [1.807, 2.05) is 18.2 Å². The van der Waals surface area contributed by atoms with E-state index < -0.39 is 0 Å². The number of Topliss-reactive ketones (excluding diaryl/α,β-unsaturated/α-hetero) is 1. The summed E-state index contributed by atoms with van der Waals surface area (Å²) in [7, 11) is 0. The van der Waals surface area contributed by atoms with E-state index in [1.54, 1.807) is 0 Å². The molecule has 1 fully saturated rings. The molecule has 0 saturated carbocycles. The minimum absolute atomic E-state index is 0.00920. The summed E-state index contributed by atoms with van der Waals surface area (Å²) in [4.78, 5) is 14.8.